The van der Waals surface area contributed by atoms with Crippen molar-refractivity contribution >= 4 is 46.5 Å². The minimum Gasteiger partial charge on any atom is -0.480 e. The van der Waals surface area contributed by atoms with Crippen LogP contribution in [0.4, 0.5) is 4.79 Å². The number of hydrogen-bond acceptors (Lipinski definition) is 5. The van der Waals surface area contributed by atoms with Crippen LogP contribution in [-0.4, -0.2) is 52.7 Å². The van der Waals surface area contributed by atoms with Gasteiger partial charge in [-0.15, -0.1) is 0 Å². The summed E-state index contributed by atoms with van der Waals surface area (Å²) in [5.41, 5.74) is 0.525. The predicted molar refractivity (Wildman–Crippen MR) is 110 cm³/mol. The molecule has 0 aliphatic carbocycles. The van der Waals surface area contributed by atoms with Crippen molar-refractivity contribution in [3.05, 3.63) is 33.4 Å². The SMILES string of the molecule is N#CC[C@H](NC(=O)N[C@@H](CCCCNC(=O)c1ccc(I)cc1)C(=O)O)C(=O)O. The van der Waals surface area contributed by atoms with E-state index in [0.717, 1.165) is 3.57 Å². The third-order valence-corrected chi connectivity index (χ3v) is 4.53. The molecular weight excluding hydrogens is 495 g/mol. The fraction of sp³-hybridized carbons (Fsp3) is 0.389. The second-order valence-electron chi connectivity index (χ2n) is 6.02. The molecule has 2 atom stereocenters. The maximum Gasteiger partial charge on any atom is 0.327 e. The van der Waals surface area contributed by atoms with Gasteiger partial charge in [0.2, 0.25) is 0 Å². The molecule has 0 aliphatic rings. The molecule has 11 heteroatoms. The van der Waals surface area contributed by atoms with Crippen LogP contribution in [0.25, 0.3) is 0 Å². The summed E-state index contributed by atoms with van der Waals surface area (Å²) < 4.78 is 1.01. The zero-order chi connectivity index (χ0) is 21.8. The van der Waals surface area contributed by atoms with Crippen LogP contribution in [0, 0.1) is 14.9 Å². The Hall–Kier alpha value is -2.88. The smallest absolute Gasteiger partial charge is 0.327 e. The summed E-state index contributed by atoms with van der Waals surface area (Å²) >= 11 is 2.14. The maximum absolute atomic E-state index is 12.0. The van der Waals surface area contributed by atoms with Crippen LogP contribution in [0.2, 0.25) is 0 Å². The molecule has 10 nitrogen and oxygen atoms in total. The highest BCUT2D eigenvalue weighted by atomic mass is 127. The van der Waals surface area contributed by atoms with Gasteiger partial charge in [0.15, 0.2) is 0 Å². The van der Waals surface area contributed by atoms with Crippen molar-refractivity contribution in [2.45, 2.75) is 37.8 Å². The third-order valence-electron chi connectivity index (χ3n) is 3.81. The van der Waals surface area contributed by atoms with E-state index in [4.69, 9.17) is 10.4 Å². The topological polar surface area (TPSA) is 169 Å². The van der Waals surface area contributed by atoms with Gasteiger partial charge in [-0.05, 0) is 66.1 Å². The number of aliphatic carboxylic acids is 2. The van der Waals surface area contributed by atoms with E-state index in [2.05, 4.69) is 33.2 Å². The van der Waals surface area contributed by atoms with Crippen LogP contribution >= 0.6 is 22.6 Å². The van der Waals surface area contributed by atoms with Crippen molar-refractivity contribution in [3.63, 3.8) is 0 Å². The minimum atomic E-state index is -1.43. The van der Waals surface area contributed by atoms with Crippen molar-refractivity contribution in [3.8, 4) is 6.07 Å². The van der Waals surface area contributed by atoms with Gasteiger partial charge in [-0.25, -0.2) is 14.4 Å². The number of amides is 3. The van der Waals surface area contributed by atoms with E-state index in [-0.39, 0.29) is 12.3 Å². The number of hydrogen-bond donors (Lipinski definition) is 5. The lowest BCUT2D eigenvalue weighted by molar-refractivity contribution is -0.139. The first-order valence-corrected chi connectivity index (χ1v) is 9.75. The summed E-state index contributed by atoms with van der Waals surface area (Å²) in [6.45, 7) is 0.340. The molecule has 0 spiro atoms. The maximum atomic E-state index is 12.0. The summed E-state index contributed by atoms with van der Waals surface area (Å²) in [6, 6.07) is 5.04. The Morgan fingerprint density at radius 3 is 2.14 bits per heavy atom. The Kier molecular flexibility index (Phi) is 10.5. The number of unbranched alkanes of at least 4 members (excludes halogenated alkanes) is 1. The fourth-order valence-electron chi connectivity index (χ4n) is 2.29. The summed E-state index contributed by atoms with van der Waals surface area (Å²) in [5.74, 6) is -2.89. The lowest BCUT2D eigenvalue weighted by atomic mass is 10.1. The Morgan fingerprint density at radius 2 is 1.59 bits per heavy atom. The molecule has 0 aliphatic heterocycles. The molecule has 1 aromatic rings. The van der Waals surface area contributed by atoms with E-state index < -0.39 is 36.5 Å². The Bertz CT molecular complexity index is 778. The second kappa shape index (κ2) is 12.6. The molecule has 29 heavy (non-hydrogen) atoms. The lowest BCUT2D eigenvalue weighted by Crippen LogP contribution is -2.51. The van der Waals surface area contributed by atoms with Crippen LogP contribution in [0.3, 0.4) is 0 Å². The van der Waals surface area contributed by atoms with E-state index in [1.54, 1.807) is 18.2 Å². The van der Waals surface area contributed by atoms with Gasteiger partial charge in [0.05, 0.1) is 12.5 Å². The van der Waals surface area contributed by atoms with E-state index in [0.29, 0.717) is 24.9 Å². The van der Waals surface area contributed by atoms with Crippen molar-refractivity contribution in [1.29, 1.82) is 5.26 Å². The number of nitriles is 1. The number of carboxylic acids is 2. The number of nitrogens with zero attached hydrogens (tertiary/aromatic N) is 1. The highest BCUT2D eigenvalue weighted by Gasteiger charge is 2.24. The first-order chi connectivity index (χ1) is 13.7. The molecule has 0 heterocycles. The van der Waals surface area contributed by atoms with Crippen molar-refractivity contribution in [2.24, 2.45) is 0 Å². The van der Waals surface area contributed by atoms with Gasteiger partial charge in [0.1, 0.15) is 12.1 Å². The molecule has 0 unspecified atom stereocenters. The molecule has 0 radical (unpaired) electrons. The summed E-state index contributed by atoms with van der Waals surface area (Å²) in [7, 11) is 0. The van der Waals surface area contributed by atoms with Crippen LogP contribution < -0.4 is 16.0 Å². The molecule has 0 bridgehead atoms. The second-order valence-corrected chi connectivity index (χ2v) is 7.27. The molecule has 0 saturated carbocycles. The molecular formula is C18H21IN4O6. The Labute approximate surface area is 180 Å². The van der Waals surface area contributed by atoms with Crippen molar-refractivity contribution in [2.75, 3.05) is 6.54 Å². The summed E-state index contributed by atoms with van der Waals surface area (Å²) in [4.78, 5) is 46.0. The average molecular weight is 516 g/mol. The van der Waals surface area contributed by atoms with Crippen molar-refractivity contribution < 1.29 is 29.4 Å². The van der Waals surface area contributed by atoms with Crippen molar-refractivity contribution in [1.82, 2.24) is 16.0 Å². The largest absolute Gasteiger partial charge is 0.480 e. The Morgan fingerprint density at radius 1 is 1.00 bits per heavy atom. The summed E-state index contributed by atoms with van der Waals surface area (Å²) in [5, 5.41) is 33.6. The van der Waals surface area contributed by atoms with Crippen LogP contribution in [0.1, 0.15) is 36.0 Å². The monoisotopic (exact) mass is 516 g/mol. The molecule has 5 N–H and O–H groups in total. The van der Waals surface area contributed by atoms with Crippen LogP contribution in [-0.2, 0) is 9.59 Å². The summed E-state index contributed by atoms with van der Waals surface area (Å²) in [6.07, 6.45) is 0.555. The van der Waals surface area contributed by atoms with E-state index in [1.807, 2.05) is 17.4 Å². The number of halogens is 1. The molecule has 1 rings (SSSR count). The van der Waals surface area contributed by atoms with Gasteiger partial charge >= 0.3 is 18.0 Å². The third kappa shape index (κ3) is 9.24. The first-order valence-electron chi connectivity index (χ1n) is 8.68. The van der Waals surface area contributed by atoms with Gasteiger partial charge in [0, 0.05) is 15.7 Å². The zero-order valence-electron chi connectivity index (χ0n) is 15.4. The molecule has 1 aromatic carbocycles. The highest BCUT2D eigenvalue weighted by molar-refractivity contribution is 14.1. The number of carboxylic acid groups (broad SMARTS) is 2. The number of carbonyl (C=O) groups is 4. The van der Waals surface area contributed by atoms with Crippen LogP contribution in [0.15, 0.2) is 24.3 Å². The van der Waals surface area contributed by atoms with Gasteiger partial charge in [0.25, 0.3) is 5.91 Å². The number of urea groups is 1. The molecule has 156 valence electrons. The van der Waals surface area contributed by atoms with E-state index in [9.17, 15) is 24.3 Å². The van der Waals surface area contributed by atoms with Gasteiger partial charge in [-0.3, -0.25) is 4.79 Å². The molecule has 3 amide bonds. The number of rotatable bonds is 11. The number of carbonyl (C=O) groups excluding carboxylic acids is 2. The minimum absolute atomic E-state index is 0.0954. The quantitative estimate of drug-likeness (QED) is 0.218. The van der Waals surface area contributed by atoms with Crippen LogP contribution in [0.5, 0.6) is 0 Å². The van der Waals surface area contributed by atoms with Gasteiger partial charge < -0.3 is 26.2 Å². The normalized spacial score (nSPS) is 12.1. The molecule has 0 aromatic heterocycles. The predicted octanol–water partition coefficient (Wildman–Crippen LogP) is 1.31. The fourth-order valence-corrected chi connectivity index (χ4v) is 2.65. The Balaban J connectivity index is 2.38. The average Bonchev–Trinajstić information content (AvgIpc) is 2.66. The highest BCUT2D eigenvalue weighted by Crippen LogP contribution is 2.07. The number of benzene rings is 1. The standard InChI is InChI=1S/C18H21IN4O6/c19-12-6-4-11(5-7-12)15(24)21-10-2-1-3-13(16(25)26)22-18(29)23-14(8-9-20)17(27)28/h4-7,13-14H,1-3,8,10H2,(H,21,24)(H,25,26)(H,27,28)(H2,22,23,29)/t13-,14-/m0/s1. The molecule has 0 saturated heterocycles. The van der Waals surface area contributed by atoms with E-state index in [1.165, 1.54) is 0 Å². The number of nitrogens with one attached hydrogen (secondary N) is 3. The lowest BCUT2D eigenvalue weighted by Gasteiger charge is -2.17. The van der Waals surface area contributed by atoms with Gasteiger partial charge in [-0.2, -0.15) is 5.26 Å². The van der Waals surface area contributed by atoms with Gasteiger partial charge in [-0.1, -0.05) is 0 Å². The van der Waals surface area contributed by atoms with E-state index >= 15 is 0 Å². The first kappa shape index (κ1) is 24.2. The zero-order valence-corrected chi connectivity index (χ0v) is 17.5. The molecule has 0 fully saturated rings.